The molecule has 19 heavy (non-hydrogen) atoms. The van der Waals surface area contributed by atoms with Gasteiger partial charge in [-0.15, -0.1) is 22.0 Å². The van der Waals surface area contributed by atoms with Crippen LogP contribution >= 0.6 is 23.1 Å². The second kappa shape index (κ2) is 4.71. The summed E-state index contributed by atoms with van der Waals surface area (Å²) in [4.78, 5) is 13.4. The second-order valence-corrected chi connectivity index (χ2v) is 5.77. The van der Waals surface area contributed by atoms with Crippen molar-refractivity contribution in [1.82, 2.24) is 10.2 Å². The molecular formula is C11H9N3O3S2. The first-order valence-corrected chi connectivity index (χ1v) is 7.31. The topological polar surface area (TPSA) is 86.5 Å². The summed E-state index contributed by atoms with van der Waals surface area (Å²) in [5.74, 6) is 0.304. The van der Waals surface area contributed by atoms with Crippen molar-refractivity contribution in [2.75, 3.05) is 10.7 Å². The number of aromatic nitrogens is 2. The summed E-state index contributed by atoms with van der Waals surface area (Å²) in [7, 11) is 0. The van der Waals surface area contributed by atoms with Crippen LogP contribution in [0.1, 0.15) is 10.9 Å². The Labute approximate surface area is 116 Å². The van der Waals surface area contributed by atoms with Gasteiger partial charge in [-0.1, -0.05) is 11.3 Å². The van der Waals surface area contributed by atoms with E-state index in [2.05, 4.69) is 10.2 Å². The van der Waals surface area contributed by atoms with E-state index in [1.807, 2.05) is 0 Å². The summed E-state index contributed by atoms with van der Waals surface area (Å²) in [5.41, 5.74) is 2.04. The molecule has 1 aliphatic heterocycles. The fourth-order valence-corrected chi connectivity index (χ4v) is 3.72. The van der Waals surface area contributed by atoms with Gasteiger partial charge in [-0.3, -0.25) is 9.69 Å². The van der Waals surface area contributed by atoms with E-state index in [0.29, 0.717) is 16.4 Å². The van der Waals surface area contributed by atoms with Gasteiger partial charge in [-0.25, -0.2) is 0 Å². The fraction of sp³-hybridized carbons (Fsp3) is 0.182. The highest BCUT2D eigenvalue weighted by molar-refractivity contribution is 8.00. The third kappa shape index (κ3) is 2.13. The van der Waals surface area contributed by atoms with Crippen LogP contribution in [0.25, 0.3) is 0 Å². The molecule has 3 rings (SSSR count). The first-order chi connectivity index (χ1) is 9.16. The van der Waals surface area contributed by atoms with Gasteiger partial charge in [0.15, 0.2) is 0 Å². The zero-order chi connectivity index (χ0) is 13.4. The molecule has 6 nitrogen and oxygen atoms in total. The number of hydrogen-bond donors (Lipinski definition) is 2. The average Bonchev–Trinajstić information content (AvgIpc) is 3.01. The van der Waals surface area contributed by atoms with Crippen molar-refractivity contribution >= 4 is 34.1 Å². The molecule has 1 aliphatic rings. The molecule has 2 N–H and O–H groups in total. The van der Waals surface area contributed by atoms with Crippen LogP contribution in [0, 0.1) is 0 Å². The van der Waals surface area contributed by atoms with Gasteiger partial charge >= 0.3 is 0 Å². The third-order valence-electron chi connectivity index (χ3n) is 2.70. The number of nitrogens with zero attached hydrogens (tertiary/aromatic N) is 3. The second-order valence-electron chi connectivity index (χ2n) is 3.89. The highest BCUT2D eigenvalue weighted by atomic mass is 32.2. The molecule has 1 fully saturated rings. The zero-order valence-corrected chi connectivity index (χ0v) is 11.2. The number of hydrogen-bond acceptors (Lipinski definition) is 7. The number of thioether (sulfide) groups is 1. The van der Waals surface area contributed by atoms with Crippen LogP contribution < -0.4 is 4.90 Å². The minimum atomic E-state index is -0.396. The number of aromatic hydroxyl groups is 2. The van der Waals surface area contributed by atoms with Crippen LogP contribution in [-0.2, 0) is 4.79 Å². The molecule has 2 heterocycles. The number of phenols is 2. The Kier molecular flexibility index (Phi) is 3.03. The molecular weight excluding hydrogens is 286 g/mol. The van der Waals surface area contributed by atoms with E-state index in [0.717, 1.165) is 0 Å². The highest BCUT2D eigenvalue weighted by Gasteiger charge is 2.37. The Balaban J connectivity index is 2.04. The lowest BCUT2D eigenvalue weighted by molar-refractivity contribution is -0.115. The molecule has 1 saturated heterocycles. The molecule has 2 aromatic rings. The molecule has 0 spiro atoms. The minimum Gasteiger partial charge on any atom is -0.508 e. The normalized spacial score (nSPS) is 19.1. The Hall–Kier alpha value is -1.80. The smallest absolute Gasteiger partial charge is 0.240 e. The molecule has 8 heteroatoms. The number of amides is 1. The Morgan fingerprint density at radius 1 is 1.37 bits per heavy atom. The van der Waals surface area contributed by atoms with Gasteiger partial charge in [-0.05, 0) is 18.2 Å². The zero-order valence-electron chi connectivity index (χ0n) is 9.55. The van der Waals surface area contributed by atoms with E-state index in [1.54, 1.807) is 5.51 Å². The predicted molar refractivity (Wildman–Crippen MR) is 72.4 cm³/mol. The molecule has 0 saturated carbocycles. The van der Waals surface area contributed by atoms with E-state index in [9.17, 15) is 15.0 Å². The largest absolute Gasteiger partial charge is 0.508 e. The molecule has 0 unspecified atom stereocenters. The van der Waals surface area contributed by atoms with Crippen LogP contribution in [0.2, 0.25) is 0 Å². The standard InChI is InChI=1S/C11H9N3O3S2/c15-6-1-2-8(16)7(3-6)10-14(9(17)4-18-10)11-13-12-5-19-11/h1-3,5,10,15-16H,4H2/t10-/m1/s1. The van der Waals surface area contributed by atoms with Crippen LogP contribution in [-0.4, -0.2) is 32.1 Å². The Bertz CT molecular complexity index is 618. The molecule has 1 aromatic carbocycles. The maximum absolute atomic E-state index is 12.0. The predicted octanol–water partition coefficient (Wildman–Crippen LogP) is 1.73. The summed E-state index contributed by atoms with van der Waals surface area (Å²) in [6, 6.07) is 4.27. The van der Waals surface area contributed by atoms with Crippen molar-refractivity contribution in [3.8, 4) is 11.5 Å². The monoisotopic (exact) mass is 295 g/mol. The Morgan fingerprint density at radius 3 is 2.95 bits per heavy atom. The van der Waals surface area contributed by atoms with E-state index in [4.69, 9.17) is 0 Å². The van der Waals surface area contributed by atoms with E-state index < -0.39 is 5.37 Å². The summed E-state index contributed by atoms with van der Waals surface area (Å²) in [5, 5.41) is 27.1. The number of carbonyl (C=O) groups excluding carboxylic acids is 1. The fourth-order valence-electron chi connectivity index (χ4n) is 1.87. The van der Waals surface area contributed by atoms with Crippen LogP contribution in [0.15, 0.2) is 23.7 Å². The molecule has 0 bridgehead atoms. The summed E-state index contributed by atoms with van der Waals surface area (Å²) in [6.45, 7) is 0. The van der Waals surface area contributed by atoms with E-state index >= 15 is 0 Å². The average molecular weight is 295 g/mol. The number of anilines is 1. The van der Waals surface area contributed by atoms with E-state index in [-0.39, 0.29) is 17.4 Å². The van der Waals surface area contributed by atoms with Crippen LogP contribution in [0.3, 0.4) is 0 Å². The molecule has 1 atom stereocenters. The number of rotatable bonds is 2. The number of carbonyl (C=O) groups is 1. The minimum absolute atomic E-state index is 0.0412. The first-order valence-electron chi connectivity index (χ1n) is 5.38. The lowest BCUT2D eigenvalue weighted by Crippen LogP contribution is -2.27. The van der Waals surface area contributed by atoms with Gasteiger partial charge in [-0.2, -0.15) is 0 Å². The van der Waals surface area contributed by atoms with Gasteiger partial charge < -0.3 is 10.2 Å². The maximum atomic E-state index is 12.0. The lowest BCUT2D eigenvalue weighted by Gasteiger charge is -2.21. The van der Waals surface area contributed by atoms with Gasteiger partial charge in [0.2, 0.25) is 11.0 Å². The Morgan fingerprint density at radius 2 is 2.21 bits per heavy atom. The van der Waals surface area contributed by atoms with Crippen molar-refractivity contribution in [2.24, 2.45) is 0 Å². The summed E-state index contributed by atoms with van der Waals surface area (Å²) < 4.78 is 0. The molecule has 0 aliphatic carbocycles. The third-order valence-corrected chi connectivity index (χ3v) is 4.58. The van der Waals surface area contributed by atoms with Crippen LogP contribution in [0.5, 0.6) is 11.5 Å². The highest BCUT2D eigenvalue weighted by Crippen LogP contribution is 2.45. The maximum Gasteiger partial charge on any atom is 0.240 e. The van der Waals surface area contributed by atoms with Gasteiger partial charge in [0, 0.05) is 5.56 Å². The molecule has 1 amide bonds. The van der Waals surface area contributed by atoms with E-state index in [1.165, 1.54) is 46.2 Å². The van der Waals surface area contributed by atoms with Crippen molar-refractivity contribution < 1.29 is 15.0 Å². The van der Waals surface area contributed by atoms with Gasteiger partial charge in [0.1, 0.15) is 22.4 Å². The van der Waals surface area contributed by atoms with Crippen molar-refractivity contribution in [2.45, 2.75) is 5.37 Å². The van der Waals surface area contributed by atoms with Gasteiger partial charge in [0.25, 0.3) is 0 Å². The number of phenolic OH excluding ortho intramolecular Hbond substituents is 2. The lowest BCUT2D eigenvalue weighted by atomic mass is 10.1. The van der Waals surface area contributed by atoms with Crippen LogP contribution in [0.4, 0.5) is 5.13 Å². The van der Waals surface area contributed by atoms with Gasteiger partial charge in [0.05, 0.1) is 5.75 Å². The quantitative estimate of drug-likeness (QED) is 0.821. The van der Waals surface area contributed by atoms with Crippen molar-refractivity contribution in [1.29, 1.82) is 0 Å². The van der Waals surface area contributed by atoms with Crippen molar-refractivity contribution in [3.05, 3.63) is 29.3 Å². The van der Waals surface area contributed by atoms with Crippen molar-refractivity contribution in [3.63, 3.8) is 0 Å². The molecule has 0 radical (unpaired) electrons. The summed E-state index contributed by atoms with van der Waals surface area (Å²) in [6.07, 6.45) is 0. The first kappa shape index (κ1) is 12.2. The molecule has 98 valence electrons. The number of benzene rings is 1. The SMILES string of the molecule is O=C1CS[C@H](c2cc(O)ccc2O)N1c1nncs1. The summed E-state index contributed by atoms with van der Waals surface area (Å²) >= 11 is 2.63. The molecule has 1 aromatic heterocycles.